The largest absolute Gasteiger partial charge is 0.373 e. The Morgan fingerprint density at radius 2 is 2.22 bits per heavy atom. The summed E-state index contributed by atoms with van der Waals surface area (Å²) in [6.07, 6.45) is 2.79. The molecule has 0 fully saturated rings. The highest BCUT2D eigenvalue weighted by Crippen LogP contribution is 2.09. The van der Waals surface area contributed by atoms with Crippen molar-refractivity contribution in [2.75, 3.05) is 14.2 Å². The Hall–Kier alpha value is -0.370. The van der Waals surface area contributed by atoms with Gasteiger partial charge in [0.05, 0.1) is 5.60 Å². The molecule has 0 heterocycles. The van der Waals surface area contributed by atoms with Gasteiger partial charge in [-0.3, -0.25) is 4.99 Å². The molecule has 0 aliphatic rings. The lowest BCUT2D eigenvalue weighted by Crippen LogP contribution is -2.27. The average molecular weight is 129 g/mol. The molecule has 0 aliphatic carbocycles. The molecule has 0 amide bonds. The third-order valence-corrected chi connectivity index (χ3v) is 1.57. The summed E-state index contributed by atoms with van der Waals surface area (Å²) in [6.45, 7) is 4.09. The van der Waals surface area contributed by atoms with Gasteiger partial charge < -0.3 is 4.74 Å². The van der Waals surface area contributed by atoms with E-state index >= 15 is 0 Å². The van der Waals surface area contributed by atoms with Gasteiger partial charge in [0.1, 0.15) is 0 Å². The minimum atomic E-state index is -0.158. The zero-order valence-corrected chi connectivity index (χ0v) is 6.64. The van der Waals surface area contributed by atoms with E-state index in [1.807, 2.05) is 13.1 Å². The monoisotopic (exact) mass is 129 g/mol. The van der Waals surface area contributed by atoms with Crippen LogP contribution in [0.25, 0.3) is 0 Å². The molecular formula is C7H15NO. The van der Waals surface area contributed by atoms with Crippen LogP contribution in [0.1, 0.15) is 20.3 Å². The Kier molecular flexibility index (Phi) is 3.47. The molecule has 0 saturated heterocycles. The molecule has 2 heteroatoms. The van der Waals surface area contributed by atoms with Crippen LogP contribution in [0.2, 0.25) is 0 Å². The third-order valence-electron chi connectivity index (χ3n) is 1.57. The third kappa shape index (κ3) is 2.61. The molecule has 0 aromatic rings. The van der Waals surface area contributed by atoms with E-state index in [0.717, 1.165) is 6.42 Å². The van der Waals surface area contributed by atoms with E-state index in [9.17, 15) is 0 Å². The second kappa shape index (κ2) is 3.62. The molecule has 2 nitrogen and oxygen atoms in total. The summed E-state index contributed by atoms with van der Waals surface area (Å²) in [5.41, 5.74) is -0.158. The average Bonchev–Trinajstić information content (AvgIpc) is 1.89. The van der Waals surface area contributed by atoms with Gasteiger partial charge in [0.25, 0.3) is 0 Å². The lowest BCUT2D eigenvalue weighted by atomic mass is 10.1. The topological polar surface area (TPSA) is 21.6 Å². The van der Waals surface area contributed by atoms with E-state index in [2.05, 4.69) is 11.9 Å². The number of rotatable bonds is 3. The predicted octanol–water partition coefficient (Wildman–Crippen LogP) is 1.50. The van der Waals surface area contributed by atoms with Crippen molar-refractivity contribution in [2.24, 2.45) is 4.99 Å². The van der Waals surface area contributed by atoms with Crippen LogP contribution in [0.4, 0.5) is 0 Å². The highest BCUT2D eigenvalue weighted by Gasteiger charge is 2.16. The van der Waals surface area contributed by atoms with Crippen molar-refractivity contribution in [2.45, 2.75) is 25.9 Å². The van der Waals surface area contributed by atoms with Gasteiger partial charge in [0, 0.05) is 20.4 Å². The van der Waals surface area contributed by atoms with Crippen LogP contribution in [0.15, 0.2) is 4.99 Å². The van der Waals surface area contributed by atoms with E-state index in [1.165, 1.54) is 0 Å². The van der Waals surface area contributed by atoms with E-state index in [4.69, 9.17) is 4.74 Å². The Morgan fingerprint density at radius 1 is 1.67 bits per heavy atom. The molecule has 0 radical (unpaired) electrons. The summed E-state index contributed by atoms with van der Waals surface area (Å²) < 4.78 is 5.18. The number of aliphatic imine (C=N–C) groups is 1. The first kappa shape index (κ1) is 8.63. The van der Waals surface area contributed by atoms with Gasteiger partial charge >= 0.3 is 0 Å². The number of hydrogen-bond donors (Lipinski definition) is 0. The minimum Gasteiger partial charge on any atom is -0.373 e. The number of nitrogens with zero attached hydrogens (tertiary/aromatic N) is 1. The molecule has 0 spiro atoms. The van der Waals surface area contributed by atoms with Gasteiger partial charge in [-0.1, -0.05) is 6.92 Å². The standard InChI is InChI=1S/C7H15NO/c1-5-7(2,9-4)6-8-3/h6H,5H2,1-4H3. The van der Waals surface area contributed by atoms with Crippen molar-refractivity contribution >= 4 is 6.21 Å². The van der Waals surface area contributed by atoms with Crippen LogP contribution in [-0.4, -0.2) is 26.0 Å². The van der Waals surface area contributed by atoms with E-state index in [0.29, 0.717) is 0 Å². The molecule has 0 aromatic carbocycles. The fourth-order valence-electron chi connectivity index (χ4n) is 0.561. The quantitative estimate of drug-likeness (QED) is 0.529. The zero-order valence-electron chi connectivity index (χ0n) is 6.64. The highest BCUT2D eigenvalue weighted by atomic mass is 16.5. The Bertz CT molecular complexity index is 95.1. The summed E-state index contributed by atoms with van der Waals surface area (Å²) in [5.74, 6) is 0. The van der Waals surface area contributed by atoms with Gasteiger partial charge in [0.2, 0.25) is 0 Å². The number of methoxy groups -OCH3 is 1. The lowest BCUT2D eigenvalue weighted by molar-refractivity contribution is 0.0674. The second-order valence-corrected chi connectivity index (χ2v) is 2.26. The van der Waals surface area contributed by atoms with Crippen LogP contribution in [0.5, 0.6) is 0 Å². The van der Waals surface area contributed by atoms with Crippen LogP contribution >= 0.6 is 0 Å². The molecule has 1 unspecified atom stereocenters. The van der Waals surface area contributed by atoms with Crippen LogP contribution < -0.4 is 0 Å². The Balaban J connectivity index is 3.92. The van der Waals surface area contributed by atoms with Crippen molar-refractivity contribution in [3.63, 3.8) is 0 Å². The first-order valence-electron chi connectivity index (χ1n) is 3.17. The summed E-state index contributed by atoms with van der Waals surface area (Å²) in [6, 6.07) is 0. The molecular weight excluding hydrogens is 114 g/mol. The van der Waals surface area contributed by atoms with E-state index in [-0.39, 0.29) is 5.60 Å². The molecule has 9 heavy (non-hydrogen) atoms. The van der Waals surface area contributed by atoms with Crippen molar-refractivity contribution in [1.82, 2.24) is 0 Å². The number of ether oxygens (including phenoxy) is 1. The van der Waals surface area contributed by atoms with Crippen molar-refractivity contribution in [1.29, 1.82) is 0 Å². The molecule has 0 saturated carbocycles. The van der Waals surface area contributed by atoms with Gasteiger partial charge in [-0.2, -0.15) is 0 Å². The highest BCUT2D eigenvalue weighted by molar-refractivity contribution is 5.67. The summed E-state index contributed by atoms with van der Waals surface area (Å²) in [5, 5.41) is 0. The zero-order chi connectivity index (χ0) is 7.33. The van der Waals surface area contributed by atoms with Crippen molar-refractivity contribution < 1.29 is 4.74 Å². The molecule has 0 aliphatic heterocycles. The maximum Gasteiger partial charge on any atom is 0.0992 e. The fourth-order valence-corrected chi connectivity index (χ4v) is 0.561. The van der Waals surface area contributed by atoms with Gasteiger partial charge in [-0.05, 0) is 13.3 Å². The molecule has 0 rings (SSSR count). The molecule has 54 valence electrons. The van der Waals surface area contributed by atoms with Gasteiger partial charge in [-0.25, -0.2) is 0 Å². The minimum absolute atomic E-state index is 0.158. The van der Waals surface area contributed by atoms with E-state index in [1.54, 1.807) is 14.2 Å². The smallest absolute Gasteiger partial charge is 0.0992 e. The molecule has 0 N–H and O–H groups in total. The molecule has 1 atom stereocenters. The van der Waals surface area contributed by atoms with Crippen LogP contribution in [0.3, 0.4) is 0 Å². The maximum absolute atomic E-state index is 5.18. The first-order valence-corrected chi connectivity index (χ1v) is 3.17. The molecule has 0 aromatic heterocycles. The van der Waals surface area contributed by atoms with Crippen molar-refractivity contribution in [3.05, 3.63) is 0 Å². The van der Waals surface area contributed by atoms with Crippen LogP contribution in [-0.2, 0) is 4.74 Å². The summed E-state index contributed by atoms with van der Waals surface area (Å²) >= 11 is 0. The molecule has 0 bridgehead atoms. The predicted molar refractivity (Wildman–Crippen MR) is 40.1 cm³/mol. The summed E-state index contributed by atoms with van der Waals surface area (Å²) in [7, 11) is 3.46. The normalized spacial score (nSPS) is 18.2. The first-order chi connectivity index (χ1) is 4.18. The second-order valence-electron chi connectivity index (χ2n) is 2.26. The lowest BCUT2D eigenvalue weighted by Gasteiger charge is -2.20. The Labute approximate surface area is 56.9 Å². The van der Waals surface area contributed by atoms with Crippen LogP contribution in [0, 0.1) is 0 Å². The maximum atomic E-state index is 5.18. The van der Waals surface area contributed by atoms with E-state index < -0.39 is 0 Å². The van der Waals surface area contributed by atoms with Gasteiger partial charge in [0.15, 0.2) is 0 Å². The SMILES string of the molecule is CCC(C)(C=NC)OC. The van der Waals surface area contributed by atoms with Crippen molar-refractivity contribution in [3.8, 4) is 0 Å². The Morgan fingerprint density at radius 3 is 2.33 bits per heavy atom. The summed E-state index contributed by atoms with van der Waals surface area (Å²) in [4.78, 5) is 3.90. The fraction of sp³-hybridized carbons (Fsp3) is 0.857. The number of hydrogen-bond acceptors (Lipinski definition) is 2. The van der Waals surface area contributed by atoms with Gasteiger partial charge in [-0.15, -0.1) is 0 Å².